The number of halogens is 1. The summed E-state index contributed by atoms with van der Waals surface area (Å²) < 4.78 is 13.9. The van der Waals surface area contributed by atoms with Crippen LogP contribution in [0.15, 0.2) is 58.8 Å². The van der Waals surface area contributed by atoms with Gasteiger partial charge in [-0.05, 0) is 70.4 Å². The van der Waals surface area contributed by atoms with Crippen LogP contribution in [-0.2, 0) is 0 Å². The highest BCUT2D eigenvalue weighted by molar-refractivity contribution is 5.81. The highest BCUT2D eigenvalue weighted by Gasteiger charge is 2.04. The minimum Gasteiger partial charge on any atom is -0.394 e. The molecule has 5 heteroatoms. The van der Waals surface area contributed by atoms with Gasteiger partial charge in [0.05, 0.1) is 18.5 Å². The summed E-state index contributed by atoms with van der Waals surface area (Å²) in [5, 5.41) is 12.1. The number of aliphatic hydroxyl groups is 1. The van der Waals surface area contributed by atoms with E-state index in [0.29, 0.717) is 5.56 Å². The van der Waals surface area contributed by atoms with Gasteiger partial charge in [0.1, 0.15) is 5.82 Å². The maximum absolute atomic E-state index is 13.9. The van der Waals surface area contributed by atoms with Gasteiger partial charge in [0.15, 0.2) is 0 Å². The molecule has 0 spiro atoms. The van der Waals surface area contributed by atoms with Gasteiger partial charge < -0.3 is 16.2 Å². The zero-order chi connectivity index (χ0) is 21.5. The Labute approximate surface area is 169 Å². The van der Waals surface area contributed by atoms with Crippen molar-refractivity contribution in [3.63, 3.8) is 0 Å². The number of benzene rings is 1. The van der Waals surface area contributed by atoms with Crippen LogP contribution in [0.2, 0.25) is 0 Å². The Kier molecular flexibility index (Phi) is 13.6. The normalized spacial score (nSPS) is 14.3. The van der Waals surface area contributed by atoms with Crippen LogP contribution < -0.4 is 11.1 Å². The largest absolute Gasteiger partial charge is 0.394 e. The van der Waals surface area contributed by atoms with Gasteiger partial charge in [-0.25, -0.2) is 4.39 Å². The zero-order valence-corrected chi connectivity index (χ0v) is 18.1. The lowest BCUT2D eigenvalue weighted by Gasteiger charge is -2.09. The Bertz CT molecular complexity index is 704. The van der Waals surface area contributed by atoms with Gasteiger partial charge in [-0.15, -0.1) is 0 Å². The van der Waals surface area contributed by atoms with E-state index in [-0.39, 0.29) is 18.5 Å². The number of aliphatic imine (C=N–C) groups is 1. The second-order valence-corrected chi connectivity index (χ2v) is 6.56. The van der Waals surface area contributed by atoms with Crippen LogP contribution in [0.1, 0.15) is 53.5 Å². The van der Waals surface area contributed by atoms with Gasteiger partial charge in [-0.3, -0.25) is 4.99 Å². The van der Waals surface area contributed by atoms with Crippen molar-refractivity contribution in [2.45, 2.75) is 54.0 Å². The minimum atomic E-state index is -0.220. The summed E-state index contributed by atoms with van der Waals surface area (Å²) in [5.41, 5.74) is 8.52. The molecular formula is C23H36FN3O. The number of amidine groups is 1. The van der Waals surface area contributed by atoms with Crippen LogP contribution in [0.25, 0.3) is 5.57 Å². The number of allylic oxidation sites excluding steroid dienone is 5. The SMILES string of the molecule is C/C=C(\C=C(/C)c1ccccc1F)C(/C)=C/NC(C)=NC(C)CO.CCCN. The van der Waals surface area contributed by atoms with E-state index in [1.54, 1.807) is 12.1 Å². The lowest BCUT2D eigenvalue weighted by atomic mass is 10.0. The summed E-state index contributed by atoms with van der Waals surface area (Å²) in [7, 11) is 0. The molecule has 4 N–H and O–H groups in total. The molecule has 0 bridgehead atoms. The van der Waals surface area contributed by atoms with Crippen LogP contribution in [0.3, 0.4) is 0 Å². The van der Waals surface area contributed by atoms with Crippen molar-refractivity contribution >= 4 is 11.4 Å². The Hall–Kier alpha value is -2.24. The molecule has 0 heterocycles. The molecule has 1 aromatic carbocycles. The monoisotopic (exact) mass is 389 g/mol. The fourth-order valence-electron chi connectivity index (χ4n) is 2.22. The Morgan fingerprint density at radius 3 is 2.39 bits per heavy atom. The van der Waals surface area contributed by atoms with Crippen LogP contribution >= 0.6 is 0 Å². The first-order valence-electron chi connectivity index (χ1n) is 9.69. The van der Waals surface area contributed by atoms with E-state index in [2.05, 4.69) is 17.2 Å². The molecule has 0 saturated heterocycles. The molecule has 0 fully saturated rings. The Morgan fingerprint density at radius 1 is 1.29 bits per heavy atom. The van der Waals surface area contributed by atoms with Gasteiger partial charge in [-0.1, -0.05) is 37.3 Å². The summed E-state index contributed by atoms with van der Waals surface area (Å²) >= 11 is 0. The molecule has 28 heavy (non-hydrogen) atoms. The standard InChI is InChI=1S/C20H27FN2O.C3H9N/c1-6-18(11-14(2)19-9-7-8-10-20(19)21)15(3)12-22-17(5)23-16(4)13-24;1-2-3-4/h6-12,16,24H,13H2,1-5H3,(H,22,23);2-4H2,1H3/b14-11+,15-12+,18-6+;. The number of rotatable bonds is 7. The molecule has 0 radical (unpaired) electrons. The Balaban J connectivity index is 0.00000165. The fourth-order valence-corrected chi connectivity index (χ4v) is 2.22. The minimum absolute atomic E-state index is 0.0202. The van der Waals surface area contributed by atoms with E-state index in [9.17, 15) is 4.39 Å². The average Bonchev–Trinajstić information content (AvgIpc) is 2.70. The van der Waals surface area contributed by atoms with Crippen molar-refractivity contribution < 1.29 is 9.50 Å². The molecule has 4 nitrogen and oxygen atoms in total. The number of nitrogens with one attached hydrogen (secondary N) is 1. The van der Waals surface area contributed by atoms with Gasteiger partial charge >= 0.3 is 0 Å². The van der Waals surface area contributed by atoms with Crippen LogP contribution in [-0.4, -0.2) is 30.1 Å². The van der Waals surface area contributed by atoms with Crippen molar-refractivity contribution in [3.8, 4) is 0 Å². The van der Waals surface area contributed by atoms with Crippen molar-refractivity contribution in [2.75, 3.05) is 13.2 Å². The fraction of sp³-hybridized carbons (Fsp3) is 0.435. The summed E-state index contributed by atoms with van der Waals surface area (Å²) in [4.78, 5) is 4.30. The van der Waals surface area contributed by atoms with E-state index >= 15 is 0 Å². The molecule has 1 atom stereocenters. The van der Waals surface area contributed by atoms with E-state index in [1.807, 2.05) is 59.0 Å². The number of nitrogens with two attached hydrogens (primary N) is 1. The molecular weight excluding hydrogens is 353 g/mol. The average molecular weight is 390 g/mol. The molecule has 0 aliphatic rings. The van der Waals surface area contributed by atoms with Crippen molar-refractivity contribution in [3.05, 3.63) is 65.1 Å². The van der Waals surface area contributed by atoms with E-state index in [4.69, 9.17) is 10.8 Å². The highest BCUT2D eigenvalue weighted by Crippen LogP contribution is 2.21. The third-order valence-corrected chi connectivity index (χ3v) is 3.90. The number of hydrogen-bond acceptors (Lipinski definition) is 3. The summed E-state index contributed by atoms with van der Waals surface area (Å²) in [6, 6.07) is 6.63. The van der Waals surface area contributed by atoms with Gasteiger partial charge in [0, 0.05) is 11.8 Å². The molecule has 0 amide bonds. The van der Waals surface area contributed by atoms with Crippen LogP contribution in [0.4, 0.5) is 4.39 Å². The zero-order valence-electron chi connectivity index (χ0n) is 18.1. The lowest BCUT2D eigenvalue weighted by Crippen LogP contribution is -2.18. The highest BCUT2D eigenvalue weighted by atomic mass is 19.1. The third kappa shape index (κ3) is 10.2. The molecule has 1 aromatic rings. The quantitative estimate of drug-likeness (QED) is 0.356. The first-order chi connectivity index (χ1) is 13.3. The van der Waals surface area contributed by atoms with E-state index in [1.165, 1.54) is 6.07 Å². The van der Waals surface area contributed by atoms with Crippen LogP contribution in [0.5, 0.6) is 0 Å². The predicted molar refractivity (Wildman–Crippen MR) is 120 cm³/mol. The third-order valence-electron chi connectivity index (χ3n) is 3.90. The summed E-state index contributed by atoms with van der Waals surface area (Å²) in [6.07, 6.45) is 6.92. The van der Waals surface area contributed by atoms with Crippen molar-refractivity contribution in [1.82, 2.24) is 5.32 Å². The summed E-state index contributed by atoms with van der Waals surface area (Å²) in [6.45, 7) is 12.4. The molecule has 0 aromatic heterocycles. The molecule has 156 valence electrons. The van der Waals surface area contributed by atoms with Crippen molar-refractivity contribution in [1.29, 1.82) is 0 Å². The maximum Gasteiger partial charge on any atom is 0.130 e. The molecule has 1 rings (SSSR count). The predicted octanol–water partition coefficient (Wildman–Crippen LogP) is 4.82. The first-order valence-corrected chi connectivity index (χ1v) is 9.69. The first kappa shape index (κ1) is 25.8. The molecule has 0 aliphatic carbocycles. The number of hydrogen-bond donors (Lipinski definition) is 3. The van der Waals surface area contributed by atoms with E-state index in [0.717, 1.165) is 35.5 Å². The number of aliphatic hydroxyl groups excluding tert-OH is 1. The van der Waals surface area contributed by atoms with Gasteiger partial charge in [0.25, 0.3) is 0 Å². The van der Waals surface area contributed by atoms with Gasteiger partial charge in [0.2, 0.25) is 0 Å². The second kappa shape index (κ2) is 14.8. The van der Waals surface area contributed by atoms with Gasteiger partial charge in [-0.2, -0.15) is 0 Å². The number of nitrogens with zero attached hydrogens (tertiary/aromatic N) is 1. The van der Waals surface area contributed by atoms with Crippen LogP contribution in [0, 0.1) is 5.82 Å². The summed E-state index contributed by atoms with van der Waals surface area (Å²) in [5.74, 6) is 0.517. The Morgan fingerprint density at radius 2 is 1.89 bits per heavy atom. The lowest BCUT2D eigenvalue weighted by molar-refractivity contribution is 0.274. The molecule has 1 unspecified atom stereocenters. The molecule has 0 aliphatic heterocycles. The maximum atomic E-state index is 13.9. The smallest absolute Gasteiger partial charge is 0.130 e. The van der Waals surface area contributed by atoms with E-state index < -0.39 is 0 Å². The molecule has 0 saturated carbocycles. The second-order valence-electron chi connectivity index (χ2n) is 6.56. The topological polar surface area (TPSA) is 70.6 Å². The van der Waals surface area contributed by atoms with Crippen molar-refractivity contribution in [2.24, 2.45) is 10.7 Å².